The van der Waals surface area contributed by atoms with E-state index in [1.54, 1.807) is 18.2 Å². The number of rotatable bonds is 3. The van der Waals surface area contributed by atoms with Crippen LogP contribution in [0.25, 0.3) is 0 Å². The molecule has 0 radical (unpaired) electrons. The molecule has 0 heterocycles. The third-order valence-corrected chi connectivity index (χ3v) is 5.52. The summed E-state index contributed by atoms with van der Waals surface area (Å²) in [6.07, 6.45) is 2.43. The van der Waals surface area contributed by atoms with E-state index in [4.69, 9.17) is 0 Å². The minimum atomic E-state index is -0.210. The van der Waals surface area contributed by atoms with Crippen molar-refractivity contribution in [3.05, 3.63) is 75.9 Å². The molecule has 1 N–H and O–H groups in total. The number of fused-ring (bicyclic) bond motifs is 1. The van der Waals surface area contributed by atoms with Gasteiger partial charge in [-0.25, -0.2) is 0 Å². The lowest BCUT2D eigenvalue weighted by Crippen LogP contribution is -2.23. The van der Waals surface area contributed by atoms with Crippen LogP contribution in [0.2, 0.25) is 0 Å². The predicted octanol–water partition coefficient (Wildman–Crippen LogP) is 5.71. The van der Waals surface area contributed by atoms with Crippen LogP contribution in [-0.2, 0) is 28.5 Å². The number of phenolic OH excluding ortho intramolecular Hbond substituents is 1. The van der Waals surface area contributed by atoms with Gasteiger partial charge in [0.05, 0.1) is 5.57 Å². The van der Waals surface area contributed by atoms with Gasteiger partial charge in [-0.2, -0.15) is 0 Å². The predicted molar refractivity (Wildman–Crippen MR) is 119 cm³/mol. The number of hydrogen-bond acceptors (Lipinski definition) is 3. The van der Waals surface area contributed by atoms with Crippen LogP contribution in [0, 0.1) is 0 Å². The van der Waals surface area contributed by atoms with Crippen LogP contribution in [0.4, 0.5) is 0 Å². The zero-order chi connectivity index (χ0) is 21.6. The van der Waals surface area contributed by atoms with Crippen LogP contribution in [0.3, 0.4) is 0 Å². The largest absolute Gasteiger partial charge is 0.508 e. The smallest absolute Gasteiger partial charge is 0.196 e. The van der Waals surface area contributed by atoms with Crippen molar-refractivity contribution in [2.45, 2.75) is 65.2 Å². The minimum Gasteiger partial charge on any atom is -0.508 e. The van der Waals surface area contributed by atoms with Gasteiger partial charge in [0.2, 0.25) is 0 Å². The maximum atomic E-state index is 13.1. The standard InChI is InChI=1S/C26H30O3.H2/c1-25(2,3)20-15-21(26(4,5)6)23(28)14-17(20)13-22(27)19-12-11-16-9-7-8-10-18(16)24(19)29;/h7-10,12,14-15,28H,11,13H2,1-6H3;1H. The first-order valence-corrected chi connectivity index (χ1v) is 10.1. The van der Waals surface area contributed by atoms with Crippen molar-refractivity contribution in [2.24, 2.45) is 0 Å². The maximum absolute atomic E-state index is 13.1. The van der Waals surface area contributed by atoms with Crippen LogP contribution >= 0.6 is 0 Å². The Morgan fingerprint density at radius 1 is 1.00 bits per heavy atom. The first-order chi connectivity index (χ1) is 13.4. The molecule has 0 spiro atoms. The number of carbonyl (C=O) groups excluding carboxylic acids is 2. The second kappa shape index (κ2) is 7.29. The topological polar surface area (TPSA) is 54.4 Å². The average molecular weight is 393 g/mol. The van der Waals surface area contributed by atoms with E-state index in [0.29, 0.717) is 12.0 Å². The summed E-state index contributed by atoms with van der Waals surface area (Å²) in [5.41, 5.74) is 4.08. The second-order valence-electron chi connectivity index (χ2n) is 9.93. The van der Waals surface area contributed by atoms with Crippen LogP contribution in [0.15, 0.2) is 48.0 Å². The van der Waals surface area contributed by atoms with E-state index in [1.807, 2.05) is 24.3 Å². The van der Waals surface area contributed by atoms with E-state index >= 15 is 0 Å². The fourth-order valence-electron chi connectivity index (χ4n) is 3.95. The molecule has 0 atom stereocenters. The Kier molecular flexibility index (Phi) is 5.29. The van der Waals surface area contributed by atoms with Gasteiger partial charge in [-0.15, -0.1) is 0 Å². The molecule has 3 heteroatoms. The summed E-state index contributed by atoms with van der Waals surface area (Å²) in [5.74, 6) is -0.204. The first-order valence-electron chi connectivity index (χ1n) is 10.1. The zero-order valence-electron chi connectivity index (χ0n) is 18.2. The number of benzene rings is 2. The summed E-state index contributed by atoms with van der Waals surface area (Å²) in [7, 11) is 0. The number of Topliss-reactive ketones (excluding diaryl/α,β-unsaturated/α-hetero) is 2. The molecule has 2 aromatic rings. The van der Waals surface area contributed by atoms with Crippen molar-refractivity contribution >= 4 is 11.6 Å². The molecular weight excluding hydrogens is 360 g/mol. The second-order valence-corrected chi connectivity index (χ2v) is 9.93. The average Bonchev–Trinajstić information content (AvgIpc) is 2.60. The van der Waals surface area contributed by atoms with Gasteiger partial charge < -0.3 is 5.11 Å². The summed E-state index contributed by atoms with van der Waals surface area (Å²) < 4.78 is 0. The Morgan fingerprint density at radius 2 is 1.62 bits per heavy atom. The molecule has 3 nitrogen and oxygen atoms in total. The van der Waals surface area contributed by atoms with Crippen LogP contribution in [0.1, 0.15) is 75.6 Å². The molecule has 0 saturated carbocycles. The van der Waals surface area contributed by atoms with Crippen LogP contribution in [-0.4, -0.2) is 16.7 Å². The van der Waals surface area contributed by atoms with Crippen molar-refractivity contribution in [1.82, 2.24) is 0 Å². The number of carbonyl (C=O) groups is 2. The Balaban J connectivity index is 0.00000320. The fraction of sp³-hybridized carbons (Fsp3) is 0.385. The minimum absolute atomic E-state index is 0. The Labute approximate surface area is 175 Å². The summed E-state index contributed by atoms with van der Waals surface area (Å²) in [4.78, 5) is 25.9. The van der Waals surface area contributed by atoms with Crippen LogP contribution < -0.4 is 0 Å². The molecule has 0 amide bonds. The van der Waals surface area contributed by atoms with Crippen molar-refractivity contribution in [1.29, 1.82) is 0 Å². The normalized spacial score (nSPS) is 14.4. The molecule has 0 fully saturated rings. The van der Waals surface area contributed by atoms with Gasteiger partial charge in [-0.3, -0.25) is 9.59 Å². The zero-order valence-corrected chi connectivity index (χ0v) is 18.2. The third-order valence-electron chi connectivity index (χ3n) is 5.52. The Hall–Kier alpha value is -2.68. The first kappa shape index (κ1) is 21.0. The van der Waals surface area contributed by atoms with E-state index in [0.717, 1.165) is 22.3 Å². The highest BCUT2D eigenvalue weighted by Crippen LogP contribution is 2.38. The highest BCUT2D eigenvalue weighted by molar-refractivity contribution is 6.27. The monoisotopic (exact) mass is 392 g/mol. The van der Waals surface area contributed by atoms with Crippen molar-refractivity contribution in [3.8, 4) is 5.75 Å². The summed E-state index contributed by atoms with van der Waals surface area (Å²) in [6, 6.07) is 11.2. The van der Waals surface area contributed by atoms with Gasteiger partial charge >= 0.3 is 0 Å². The van der Waals surface area contributed by atoms with Gasteiger partial charge in [-0.1, -0.05) is 78.0 Å². The third kappa shape index (κ3) is 4.19. The molecular formula is C26H32O3. The summed E-state index contributed by atoms with van der Waals surface area (Å²) >= 11 is 0. The van der Waals surface area contributed by atoms with Gasteiger partial charge in [0.25, 0.3) is 0 Å². The highest BCUT2D eigenvalue weighted by atomic mass is 16.3. The van der Waals surface area contributed by atoms with E-state index in [2.05, 4.69) is 41.5 Å². The van der Waals surface area contributed by atoms with E-state index in [9.17, 15) is 14.7 Å². The van der Waals surface area contributed by atoms with Crippen molar-refractivity contribution < 1.29 is 16.1 Å². The Morgan fingerprint density at radius 3 is 2.24 bits per heavy atom. The number of aromatic hydroxyl groups is 1. The Bertz CT molecular complexity index is 1020. The van der Waals surface area contributed by atoms with Crippen LogP contribution in [0.5, 0.6) is 5.75 Å². The molecule has 0 unspecified atom stereocenters. The summed E-state index contributed by atoms with van der Waals surface area (Å²) in [5, 5.41) is 10.6. The lowest BCUT2D eigenvalue weighted by Gasteiger charge is -2.28. The lowest BCUT2D eigenvalue weighted by molar-refractivity contribution is -0.114. The number of hydrogen-bond donors (Lipinski definition) is 1. The molecule has 154 valence electrons. The van der Waals surface area contributed by atoms with Crippen molar-refractivity contribution in [3.63, 3.8) is 0 Å². The molecule has 2 aromatic carbocycles. The highest BCUT2D eigenvalue weighted by Gasteiger charge is 2.29. The summed E-state index contributed by atoms with van der Waals surface area (Å²) in [6.45, 7) is 12.5. The molecule has 29 heavy (non-hydrogen) atoms. The van der Waals surface area contributed by atoms with Crippen molar-refractivity contribution in [2.75, 3.05) is 0 Å². The molecule has 0 bridgehead atoms. The SMILES string of the molecule is CC(C)(C)c1cc(C(C)(C)C)c(CC(=O)C2=CCc3ccccc3C2=O)cc1O.[HH]. The molecule has 1 aliphatic rings. The molecule has 0 saturated heterocycles. The molecule has 3 rings (SSSR count). The van der Waals surface area contributed by atoms with E-state index in [1.165, 1.54) is 0 Å². The van der Waals surface area contributed by atoms with Gasteiger partial charge in [-0.05, 0) is 45.6 Å². The lowest BCUT2D eigenvalue weighted by atomic mass is 9.76. The van der Waals surface area contributed by atoms with E-state index in [-0.39, 0.29) is 41.6 Å². The molecule has 1 aliphatic carbocycles. The van der Waals surface area contributed by atoms with Gasteiger partial charge in [0.1, 0.15) is 5.75 Å². The quantitative estimate of drug-likeness (QED) is 0.681. The van der Waals surface area contributed by atoms with E-state index < -0.39 is 0 Å². The molecule has 0 aliphatic heterocycles. The number of ketones is 2. The molecule has 0 aromatic heterocycles. The number of phenols is 1. The number of allylic oxidation sites excluding steroid dienone is 2. The van der Waals surface area contributed by atoms with Gasteiger partial charge in [0.15, 0.2) is 11.6 Å². The maximum Gasteiger partial charge on any atom is 0.196 e. The van der Waals surface area contributed by atoms with Gasteiger partial charge in [0, 0.05) is 13.4 Å². The fourth-order valence-corrected chi connectivity index (χ4v) is 3.95.